The van der Waals surface area contributed by atoms with Gasteiger partial charge in [0.25, 0.3) is 5.91 Å². The van der Waals surface area contributed by atoms with Crippen LogP contribution in [0.25, 0.3) is 0 Å². The molecular weight excluding hydrogens is 434 g/mol. The van der Waals surface area contributed by atoms with Crippen molar-refractivity contribution in [3.63, 3.8) is 0 Å². The summed E-state index contributed by atoms with van der Waals surface area (Å²) in [5.74, 6) is 5.48. The Morgan fingerprint density at radius 1 is 1.06 bits per heavy atom. The Bertz CT molecular complexity index is 705. The summed E-state index contributed by atoms with van der Waals surface area (Å²) in [6.07, 6.45) is 0.776. The molecule has 0 aliphatic heterocycles. The molecule has 2 amide bonds. The highest BCUT2D eigenvalue weighted by Gasteiger charge is 2.08. The first kappa shape index (κ1) is 27.3. The van der Waals surface area contributed by atoms with Crippen LogP contribution in [0.1, 0.15) is 37.6 Å². The van der Waals surface area contributed by atoms with Gasteiger partial charge in [0.15, 0.2) is 0 Å². The number of likely N-dealkylation sites (N-methyl/N-ethyl adjacent to an activating group) is 1. The Morgan fingerprint density at radius 2 is 1.84 bits per heavy atom. The molecular formula is C22H33N3O4S2. The van der Waals surface area contributed by atoms with Gasteiger partial charge in [-0.1, -0.05) is 41.4 Å². The fourth-order valence-electron chi connectivity index (χ4n) is 2.18. The first-order chi connectivity index (χ1) is 15.1. The summed E-state index contributed by atoms with van der Waals surface area (Å²) in [5.41, 5.74) is 0.606. The molecule has 0 aliphatic rings. The molecule has 1 atom stereocenters. The zero-order valence-corrected chi connectivity index (χ0v) is 20.1. The summed E-state index contributed by atoms with van der Waals surface area (Å²) < 4.78 is 11.0. The zero-order valence-electron chi connectivity index (χ0n) is 18.5. The molecule has 0 aliphatic carbocycles. The number of hydrogen-bond acceptors (Lipinski definition) is 7. The number of amides is 2. The van der Waals surface area contributed by atoms with E-state index in [2.05, 4.69) is 27.8 Å². The highest BCUT2D eigenvalue weighted by atomic mass is 33.1. The van der Waals surface area contributed by atoms with Crippen LogP contribution in [-0.4, -0.2) is 63.3 Å². The van der Waals surface area contributed by atoms with Crippen LogP contribution in [0.15, 0.2) is 29.2 Å². The van der Waals surface area contributed by atoms with Crippen molar-refractivity contribution in [1.82, 2.24) is 16.0 Å². The molecule has 1 aromatic carbocycles. The molecule has 0 aromatic heterocycles. The third kappa shape index (κ3) is 14.1. The summed E-state index contributed by atoms with van der Waals surface area (Å²) in [5, 5.41) is 8.72. The normalized spacial score (nSPS) is 11.3. The second-order valence-corrected chi connectivity index (χ2v) is 8.86. The summed E-state index contributed by atoms with van der Waals surface area (Å²) in [4.78, 5) is 24.6. The van der Waals surface area contributed by atoms with Gasteiger partial charge in [0.1, 0.15) is 12.0 Å². The van der Waals surface area contributed by atoms with Crippen molar-refractivity contribution in [2.75, 3.05) is 46.0 Å². The molecule has 0 fully saturated rings. The van der Waals surface area contributed by atoms with E-state index >= 15 is 0 Å². The molecule has 0 spiro atoms. The van der Waals surface area contributed by atoms with Crippen molar-refractivity contribution in [2.45, 2.75) is 37.5 Å². The van der Waals surface area contributed by atoms with Crippen molar-refractivity contribution < 1.29 is 19.1 Å². The number of carbonyl (C=O) groups excluding carboxylic acids is 2. The number of benzene rings is 1. The van der Waals surface area contributed by atoms with Crippen LogP contribution in [0.2, 0.25) is 0 Å². The minimum atomic E-state index is -0.182. The fourth-order valence-corrected chi connectivity index (χ4v) is 4.06. The summed E-state index contributed by atoms with van der Waals surface area (Å²) >= 11 is 0. The monoisotopic (exact) mass is 467 g/mol. The summed E-state index contributed by atoms with van der Waals surface area (Å²) in [6, 6.07) is 7.50. The number of nitrogens with one attached hydrogen (secondary N) is 3. The van der Waals surface area contributed by atoms with Crippen molar-refractivity contribution in [3.8, 4) is 11.8 Å². The largest absolute Gasteiger partial charge is 0.369 e. The molecule has 7 nitrogen and oxygen atoms in total. The second kappa shape index (κ2) is 17.9. The summed E-state index contributed by atoms with van der Waals surface area (Å²) in [7, 11) is 3.17. The first-order valence-corrected chi connectivity index (χ1v) is 12.6. The SMILES string of the molecule is CCC#CCNC(=O)COCCOC(C)SSc1ccc(C(=O)NCCNCC)cc1. The maximum atomic E-state index is 12.1. The Labute approximate surface area is 193 Å². The minimum absolute atomic E-state index is 0.00246. The minimum Gasteiger partial charge on any atom is -0.369 e. The van der Waals surface area contributed by atoms with Gasteiger partial charge in [-0.25, -0.2) is 0 Å². The lowest BCUT2D eigenvalue weighted by Gasteiger charge is -2.12. The van der Waals surface area contributed by atoms with Crippen molar-refractivity contribution in [3.05, 3.63) is 29.8 Å². The topological polar surface area (TPSA) is 88.7 Å². The van der Waals surface area contributed by atoms with Crippen LogP contribution < -0.4 is 16.0 Å². The predicted molar refractivity (Wildman–Crippen MR) is 128 cm³/mol. The lowest BCUT2D eigenvalue weighted by atomic mass is 10.2. The van der Waals surface area contributed by atoms with Gasteiger partial charge in [0.2, 0.25) is 5.91 Å². The van der Waals surface area contributed by atoms with E-state index in [4.69, 9.17) is 9.47 Å². The first-order valence-electron chi connectivity index (χ1n) is 10.4. The molecule has 0 bridgehead atoms. The van der Waals surface area contributed by atoms with Crippen LogP contribution >= 0.6 is 21.6 Å². The Hall–Kier alpha value is -1.70. The average Bonchev–Trinajstić information content (AvgIpc) is 2.78. The number of hydrogen-bond donors (Lipinski definition) is 3. The molecule has 31 heavy (non-hydrogen) atoms. The average molecular weight is 468 g/mol. The molecule has 1 aromatic rings. The lowest BCUT2D eigenvalue weighted by Crippen LogP contribution is -2.31. The highest BCUT2D eigenvalue weighted by Crippen LogP contribution is 2.34. The maximum absolute atomic E-state index is 12.1. The molecule has 0 heterocycles. The lowest BCUT2D eigenvalue weighted by molar-refractivity contribution is -0.126. The van der Waals surface area contributed by atoms with Crippen molar-refractivity contribution >= 4 is 33.4 Å². The summed E-state index contributed by atoms with van der Waals surface area (Å²) in [6.45, 7) is 9.31. The third-order valence-corrected chi connectivity index (χ3v) is 6.37. The quantitative estimate of drug-likeness (QED) is 0.158. The van der Waals surface area contributed by atoms with Gasteiger partial charge in [0, 0.05) is 30.0 Å². The molecule has 1 rings (SSSR count). The molecule has 9 heteroatoms. The van der Waals surface area contributed by atoms with Crippen LogP contribution in [-0.2, 0) is 14.3 Å². The molecule has 172 valence electrons. The molecule has 3 N–H and O–H groups in total. The van der Waals surface area contributed by atoms with E-state index in [0.29, 0.717) is 31.9 Å². The van der Waals surface area contributed by atoms with E-state index in [-0.39, 0.29) is 23.9 Å². The van der Waals surface area contributed by atoms with Gasteiger partial charge in [-0.3, -0.25) is 9.59 Å². The van der Waals surface area contributed by atoms with Crippen LogP contribution in [0.5, 0.6) is 0 Å². The van der Waals surface area contributed by atoms with E-state index in [1.807, 2.05) is 45.0 Å². The van der Waals surface area contributed by atoms with Gasteiger partial charge >= 0.3 is 0 Å². The van der Waals surface area contributed by atoms with Gasteiger partial charge in [-0.15, -0.1) is 5.92 Å². The van der Waals surface area contributed by atoms with Crippen LogP contribution in [0.4, 0.5) is 0 Å². The molecule has 0 saturated heterocycles. The van der Waals surface area contributed by atoms with Crippen molar-refractivity contribution in [2.24, 2.45) is 0 Å². The Balaban J connectivity index is 2.14. The Kier molecular flexibility index (Phi) is 15.8. The third-order valence-electron chi connectivity index (χ3n) is 3.72. The fraction of sp³-hybridized carbons (Fsp3) is 0.545. The second-order valence-electron chi connectivity index (χ2n) is 6.29. The highest BCUT2D eigenvalue weighted by molar-refractivity contribution is 8.76. The standard InChI is InChI=1S/C22H33N3O4S2/c1-4-6-7-12-24-21(26)17-28-15-16-29-18(3)30-31-20-10-8-19(9-11-20)22(27)25-14-13-23-5-2/h8-11,18,23H,4-5,12-17H2,1-3H3,(H,24,26)(H,25,27). The smallest absolute Gasteiger partial charge is 0.251 e. The molecule has 1 unspecified atom stereocenters. The van der Waals surface area contributed by atoms with E-state index < -0.39 is 0 Å². The van der Waals surface area contributed by atoms with Gasteiger partial charge < -0.3 is 25.4 Å². The van der Waals surface area contributed by atoms with E-state index in [9.17, 15) is 9.59 Å². The van der Waals surface area contributed by atoms with Crippen molar-refractivity contribution in [1.29, 1.82) is 0 Å². The number of rotatable bonds is 15. The van der Waals surface area contributed by atoms with Gasteiger partial charge in [0.05, 0.1) is 19.8 Å². The van der Waals surface area contributed by atoms with Gasteiger partial charge in [-0.2, -0.15) is 0 Å². The maximum Gasteiger partial charge on any atom is 0.251 e. The van der Waals surface area contributed by atoms with E-state index in [1.165, 1.54) is 0 Å². The number of carbonyl (C=O) groups is 2. The Morgan fingerprint density at radius 3 is 2.55 bits per heavy atom. The van der Waals surface area contributed by atoms with Crippen LogP contribution in [0.3, 0.4) is 0 Å². The zero-order chi connectivity index (χ0) is 22.7. The molecule has 0 radical (unpaired) electrons. The van der Waals surface area contributed by atoms with E-state index in [1.54, 1.807) is 21.6 Å². The van der Waals surface area contributed by atoms with E-state index in [0.717, 1.165) is 24.4 Å². The predicted octanol–water partition coefficient (Wildman–Crippen LogP) is 2.68. The number of ether oxygens (including phenoxy) is 2. The molecule has 0 saturated carbocycles. The van der Waals surface area contributed by atoms with Gasteiger partial charge in [-0.05, 0) is 37.7 Å². The van der Waals surface area contributed by atoms with Crippen LogP contribution in [0, 0.1) is 11.8 Å².